The zero-order valence-corrected chi connectivity index (χ0v) is 22.1. The largest absolute Gasteiger partial charge is 0.352 e. The highest BCUT2D eigenvalue weighted by molar-refractivity contribution is 7.99. The summed E-state index contributed by atoms with van der Waals surface area (Å²) in [5.74, 6) is 0.832. The molecule has 0 aliphatic carbocycles. The number of nitrogens with one attached hydrogen (secondary N) is 1. The molecule has 0 heterocycles. The molecule has 0 radical (unpaired) electrons. The van der Waals surface area contributed by atoms with Gasteiger partial charge in [-0.1, -0.05) is 83.9 Å². The van der Waals surface area contributed by atoms with Gasteiger partial charge >= 0.3 is 0 Å². The molecular weight excluding hydrogens is 476 g/mol. The molecule has 6 heteroatoms. The number of carbonyl (C=O) groups excluding carboxylic acids is 2. The lowest BCUT2D eigenvalue weighted by atomic mass is 10.0. The van der Waals surface area contributed by atoms with Gasteiger partial charge in [-0.3, -0.25) is 9.59 Å². The fraction of sp³-hybridized carbons (Fsp3) is 0.310. The average molecular weight is 509 g/mol. The van der Waals surface area contributed by atoms with Gasteiger partial charge in [0, 0.05) is 29.8 Å². The molecule has 0 saturated carbocycles. The minimum Gasteiger partial charge on any atom is -0.352 e. The third-order valence-electron chi connectivity index (χ3n) is 5.54. The maximum atomic E-state index is 13.6. The average Bonchev–Trinajstić information content (AvgIpc) is 2.82. The molecule has 35 heavy (non-hydrogen) atoms. The molecule has 0 fully saturated rings. The minimum absolute atomic E-state index is 0.0241. The van der Waals surface area contributed by atoms with Crippen molar-refractivity contribution in [3.8, 4) is 0 Å². The van der Waals surface area contributed by atoms with Crippen LogP contribution in [0.3, 0.4) is 0 Å². The van der Waals surface area contributed by atoms with Crippen molar-refractivity contribution in [2.75, 3.05) is 5.75 Å². The Morgan fingerprint density at radius 3 is 2.26 bits per heavy atom. The van der Waals surface area contributed by atoms with Crippen LogP contribution in [0.15, 0.2) is 78.9 Å². The fourth-order valence-corrected chi connectivity index (χ4v) is 4.85. The highest BCUT2D eigenvalue weighted by Gasteiger charge is 2.30. The lowest BCUT2D eigenvalue weighted by molar-refractivity contribution is -0.139. The summed E-state index contributed by atoms with van der Waals surface area (Å²) in [5.41, 5.74) is 4.33. The van der Waals surface area contributed by atoms with Gasteiger partial charge in [-0.2, -0.15) is 0 Å². The van der Waals surface area contributed by atoms with Gasteiger partial charge in [0.2, 0.25) is 11.8 Å². The van der Waals surface area contributed by atoms with Gasteiger partial charge in [0.1, 0.15) is 6.04 Å². The SMILES string of the molecule is Cc1cccc(CSCC(=O)N(Cc2ccc(Cl)cc2)[C@@H](Cc2ccccc2)C(=O)NC(C)C)c1. The zero-order chi connectivity index (χ0) is 25.2. The van der Waals surface area contributed by atoms with Gasteiger partial charge in [0.25, 0.3) is 0 Å². The first kappa shape index (κ1) is 26.8. The van der Waals surface area contributed by atoms with E-state index in [0.717, 1.165) is 16.9 Å². The third kappa shape index (κ3) is 8.75. The molecule has 1 N–H and O–H groups in total. The second-order valence-electron chi connectivity index (χ2n) is 9.00. The summed E-state index contributed by atoms with van der Waals surface area (Å²) in [4.78, 5) is 28.7. The van der Waals surface area contributed by atoms with Crippen molar-refractivity contribution in [2.24, 2.45) is 0 Å². The number of halogens is 1. The van der Waals surface area contributed by atoms with Crippen molar-refractivity contribution in [1.29, 1.82) is 0 Å². The van der Waals surface area contributed by atoms with Crippen LogP contribution in [0, 0.1) is 6.92 Å². The zero-order valence-electron chi connectivity index (χ0n) is 20.5. The van der Waals surface area contributed by atoms with E-state index in [-0.39, 0.29) is 17.9 Å². The fourth-order valence-electron chi connectivity index (χ4n) is 3.86. The summed E-state index contributed by atoms with van der Waals surface area (Å²) in [7, 11) is 0. The predicted octanol–water partition coefficient (Wildman–Crippen LogP) is 6.05. The molecular formula is C29H33ClN2O2S. The Balaban J connectivity index is 1.84. The van der Waals surface area contributed by atoms with Crippen molar-refractivity contribution in [1.82, 2.24) is 10.2 Å². The molecule has 0 aromatic heterocycles. The number of amides is 2. The van der Waals surface area contributed by atoms with Gasteiger partial charge < -0.3 is 10.2 Å². The van der Waals surface area contributed by atoms with Gasteiger partial charge in [-0.25, -0.2) is 0 Å². The van der Waals surface area contributed by atoms with E-state index in [1.165, 1.54) is 11.1 Å². The smallest absolute Gasteiger partial charge is 0.243 e. The van der Waals surface area contributed by atoms with Gasteiger partial charge in [-0.05, 0) is 49.6 Å². The standard InChI is InChI=1S/C29H33ClN2O2S/c1-21(2)31-29(34)27(17-23-9-5-4-6-10-23)32(18-24-12-14-26(30)15-13-24)28(33)20-35-19-25-11-7-8-22(3)16-25/h4-16,21,27H,17-20H2,1-3H3,(H,31,34)/t27-/m0/s1. The number of nitrogens with zero attached hydrogens (tertiary/aromatic N) is 1. The van der Waals surface area contributed by atoms with Crippen molar-refractivity contribution in [3.63, 3.8) is 0 Å². The minimum atomic E-state index is -0.623. The molecule has 0 aliphatic heterocycles. The number of hydrogen-bond donors (Lipinski definition) is 1. The van der Waals surface area contributed by atoms with E-state index < -0.39 is 6.04 Å². The first-order valence-electron chi connectivity index (χ1n) is 11.8. The molecule has 0 aliphatic rings. The van der Waals surface area contributed by atoms with E-state index in [4.69, 9.17) is 11.6 Å². The molecule has 0 unspecified atom stereocenters. The Labute approximate surface area is 218 Å². The summed E-state index contributed by atoms with van der Waals surface area (Å²) in [6.45, 7) is 6.26. The number of thioether (sulfide) groups is 1. The molecule has 1 atom stereocenters. The molecule has 0 spiro atoms. The number of hydrogen-bond acceptors (Lipinski definition) is 3. The van der Waals surface area contributed by atoms with E-state index >= 15 is 0 Å². The van der Waals surface area contributed by atoms with Crippen molar-refractivity contribution in [2.45, 2.75) is 51.6 Å². The second-order valence-corrected chi connectivity index (χ2v) is 10.4. The van der Waals surface area contributed by atoms with Crippen molar-refractivity contribution < 1.29 is 9.59 Å². The number of aryl methyl sites for hydroxylation is 1. The topological polar surface area (TPSA) is 49.4 Å². The van der Waals surface area contributed by atoms with E-state index in [9.17, 15) is 9.59 Å². The maximum Gasteiger partial charge on any atom is 0.243 e. The van der Waals surface area contributed by atoms with Crippen LogP contribution in [-0.2, 0) is 28.3 Å². The van der Waals surface area contributed by atoms with E-state index in [0.29, 0.717) is 23.7 Å². The Morgan fingerprint density at radius 1 is 0.914 bits per heavy atom. The van der Waals surface area contributed by atoms with Crippen LogP contribution in [0.25, 0.3) is 0 Å². The second kappa shape index (κ2) is 13.4. The molecule has 3 aromatic rings. The molecule has 0 bridgehead atoms. The summed E-state index contributed by atoms with van der Waals surface area (Å²) < 4.78 is 0. The van der Waals surface area contributed by atoms with E-state index in [1.54, 1.807) is 16.7 Å². The third-order valence-corrected chi connectivity index (χ3v) is 6.79. The van der Waals surface area contributed by atoms with E-state index in [2.05, 4.69) is 30.4 Å². The Kier molecular flexibility index (Phi) is 10.2. The maximum absolute atomic E-state index is 13.6. The Bertz CT molecular complexity index is 1100. The number of rotatable bonds is 11. The molecule has 3 aromatic carbocycles. The van der Waals surface area contributed by atoms with Crippen molar-refractivity contribution in [3.05, 3.63) is 106 Å². The van der Waals surface area contributed by atoms with E-state index in [1.807, 2.05) is 74.5 Å². The van der Waals surface area contributed by atoms with Crippen LogP contribution < -0.4 is 5.32 Å². The lowest BCUT2D eigenvalue weighted by Crippen LogP contribution is -2.52. The monoisotopic (exact) mass is 508 g/mol. The summed E-state index contributed by atoms with van der Waals surface area (Å²) >= 11 is 7.65. The van der Waals surface area contributed by atoms with Crippen LogP contribution in [0.2, 0.25) is 5.02 Å². The molecule has 3 rings (SSSR count). The highest BCUT2D eigenvalue weighted by Crippen LogP contribution is 2.20. The van der Waals surface area contributed by atoms with Crippen LogP contribution in [0.5, 0.6) is 0 Å². The summed E-state index contributed by atoms with van der Waals surface area (Å²) in [6.07, 6.45) is 0.446. The van der Waals surface area contributed by atoms with Crippen molar-refractivity contribution >= 4 is 35.2 Å². The first-order chi connectivity index (χ1) is 16.8. The number of carbonyl (C=O) groups is 2. The van der Waals surface area contributed by atoms with Crippen LogP contribution in [0.4, 0.5) is 0 Å². The van der Waals surface area contributed by atoms with Gasteiger partial charge in [0.05, 0.1) is 5.75 Å². The first-order valence-corrected chi connectivity index (χ1v) is 13.4. The number of benzene rings is 3. The summed E-state index contributed by atoms with van der Waals surface area (Å²) in [6, 6.07) is 24.9. The normalized spacial score (nSPS) is 11.8. The Morgan fingerprint density at radius 2 is 1.60 bits per heavy atom. The molecule has 184 valence electrons. The highest BCUT2D eigenvalue weighted by atomic mass is 35.5. The molecule has 2 amide bonds. The van der Waals surface area contributed by atoms with Crippen LogP contribution in [0.1, 0.15) is 36.1 Å². The van der Waals surface area contributed by atoms with Crippen LogP contribution in [-0.4, -0.2) is 34.6 Å². The Hall–Kier alpha value is -2.76. The quantitative estimate of drug-likeness (QED) is 0.343. The molecule has 0 saturated heterocycles. The van der Waals surface area contributed by atoms with Crippen LogP contribution >= 0.6 is 23.4 Å². The molecule has 4 nitrogen and oxygen atoms in total. The lowest BCUT2D eigenvalue weighted by Gasteiger charge is -2.32. The van der Waals surface area contributed by atoms with Gasteiger partial charge in [0.15, 0.2) is 0 Å². The van der Waals surface area contributed by atoms with Gasteiger partial charge in [-0.15, -0.1) is 11.8 Å². The predicted molar refractivity (Wildman–Crippen MR) is 147 cm³/mol. The summed E-state index contributed by atoms with van der Waals surface area (Å²) in [5, 5.41) is 3.66.